The first kappa shape index (κ1) is 19.2. The number of ether oxygens (including phenoxy) is 1. The summed E-state index contributed by atoms with van der Waals surface area (Å²) >= 11 is 0. The Labute approximate surface area is 178 Å². The summed E-state index contributed by atoms with van der Waals surface area (Å²) in [6, 6.07) is 11.2. The second-order valence-electron chi connectivity index (χ2n) is 7.70. The van der Waals surface area contributed by atoms with E-state index in [1.165, 1.54) is 18.1 Å². The summed E-state index contributed by atoms with van der Waals surface area (Å²) in [5.74, 6) is 1.80. The highest BCUT2D eigenvalue weighted by Crippen LogP contribution is 2.31. The Morgan fingerprint density at radius 2 is 2.00 bits per heavy atom. The van der Waals surface area contributed by atoms with Crippen LogP contribution in [0.3, 0.4) is 0 Å². The highest BCUT2D eigenvalue weighted by Gasteiger charge is 2.22. The molecule has 4 aromatic rings. The molecule has 5 rings (SSSR count). The van der Waals surface area contributed by atoms with Crippen LogP contribution in [0.1, 0.15) is 12.8 Å². The van der Waals surface area contributed by atoms with Crippen LogP contribution in [0.2, 0.25) is 0 Å². The summed E-state index contributed by atoms with van der Waals surface area (Å²) in [5.41, 5.74) is 2.03. The van der Waals surface area contributed by atoms with Crippen LogP contribution in [0.4, 0.5) is 5.69 Å². The Hall–Kier alpha value is -3.75. The normalized spacial score (nSPS) is 14.8. The van der Waals surface area contributed by atoms with Gasteiger partial charge in [-0.3, -0.25) is 9.78 Å². The van der Waals surface area contributed by atoms with Crippen LogP contribution in [0.5, 0.6) is 5.75 Å². The Kier molecular flexibility index (Phi) is 5.07. The zero-order valence-electron chi connectivity index (χ0n) is 17.3. The molecular formula is C22H23N7O2. The lowest BCUT2D eigenvalue weighted by atomic mass is 9.96. The number of fused-ring (bicyclic) bond motifs is 1. The van der Waals surface area contributed by atoms with E-state index < -0.39 is 0 Å². The van der Waals surface area contributed by atoms with Crippen molar-refractivity contribution in [2.24, 2.45) is 5.92 Å². The van der Waals surface area contributed by atoms with Crippen molar-refractivity contribution in [1.82, 2.24) is 29.5 Å². The zero-order valence-corrected chi connectivity index (χ0v) is 17.3. The first-order valence-electron chi connectivity index (χ1n) is 10.3. The maximum absolute atomic E-state index is 12.3. The molecule has 3 aromatic heterocycles. The molecule has 0 saturated carbocycles. The van der Waals surface area contributed by atoms with Gasteiger partial charge < -0.3 is 9.64 Å². The third kappa shape index (κ3) is 3.86. The van der Waals surface area contributed by atoms with Crippen LogP contribution >= 0.6 is 0 Å². The van der Waals surface area contributed by atoms with E-state index in [-0.39, 0.29) is 5.56 Å². The number of anilines is 1. The molecule has 0 radical (unpaired) electrons. The van der Waals surface area contributed by atoms with Crippen molar-refractivity contribution in [3.63, 3.8) is 0 Å². The molecule has 0 unspecified atom stereocenters. The van der Waals surface area contributed by atoms with Crippen LogP contribution in [-0.2, 0) is 6.54 Å². The minimum absolute atomic E-state index is 0.0986. The molecule has 1 fully saturated rings. The highest BCUT2D eigenvalue weighted by atomic mass is 16.5. The Balaban J connectivity index is 1.31. The maximum atomic E-state index is 12.3. The molecule has 1 saturated heterocycles. The van der Waals surface area contributed by atoms with E-state index in [1.807, 2.05) is 24.4 Å². The van der Waals surface area contributed by atoms with Gasteiger partial charge in [0.05, 0.1) is 12.6 Å². The van der Waals surface area contributed by atoms with Crippen LogP contribution < -0.4 is 15.2 Å². The number of nitrogens with zero attached hydrogens (tertiary/aromatic N) is 7. The zero-order chi connectivity index (χ0) is 21.2. The molecule has 0 spiro atoms. The topological polar surface area (TPSA) is 91.0 Å². The van der Waals surface area contributed by atoms with E-state index in [0.717, 1.165) is 42.6 Å². The summed E-state index contributed by atoms with van der Waals surface area (Å²) in [5, 5.41) is 9.66. The molecule has 1 aliphatic heterocycles. The molecule has 4 heterocycles. The van der Waals surface area contributed by atoms with Gasteiger partial charge in [0.2, 0.25) is 0 Å². The maximum Gasteiger partial charge on any atom is 0.266 e. The van der Waals surface area contributed by atoms with E-state index in [9.17, 15) is 4.79 Å². The van der Waals surface area contributed by atoms with Gasteiger partial charge in [0.15, 0.2) is 5.82 Å². The van der Waals surface area contributed by atoms with Crippen LogP contribution in [0.25, 0.3) is 16.7 Å². The van der Waals surface area contributed by atoms with Crippen LogP contribution in [-0.4, -0.2) is 49.7 Å². The molecule has 31 heavy (non-hydrogen) atoms. The number of methoxy groups -OCH3 is 1. The number of rotatable bonds is 5. The minimum atomic E-state index is -0.0986. The summed E-state index contributed by atoms with van der Waals surface area (Å²) in [6.07, 6.45) is 6.84. The highest BCUT2D eigenvalue weighted by molar-refractivity contribution is 5.92. The first-order valence-corrected chi connectivity index (χ1v) is 10.3. The number of hydrogen-bond acceptors (Lipinski definition) is 7. The van der Waals surface area contributed by atoms with Gasteiger partial charge in [-0.2, -0.15) is 5.10 Å². The van der Waals surface area contributed by atoms with Crippen molar-refractivity contribution >= 4 is 16.6 Å². The third-order valence-electron chi connectivity index (χ3n) is 5.82. The van der Waals surface area contributed by atoms with Crippen LogP contribution in [0, 0.1) is 5.92 Å². The fraction of sp³-hybridized carbons (Fsp3) is 0.318. The SMILES string of the molecule is COc1ccc2nccc(N3CCC(Cn4nc(-n5cncn5)ccc4=O)CC3)c2c1. The van der Waals surface area contributed by atoms with Gasteiger partial charge in [-0.05, 0) is 49.1 Å². The number of benzene rings is 1. The standard InChI is InChI=1S/C22H23N7O2/c1-31-17-2-3-19-18(12-17)20(6-9-24-19)27-10-7-16(8-11-27)13-28-22(30)5-4-21(26-28)29-15-23-14-25-29/h2-6,9,12,14-16H,7-8,10-11,13H2,1H3. The van der Waals surface area contributed by atoms with Crippen molar-refractivity contribution in [3.05, 3.63) is 65.6 Å². The Morgan fingerprint density at radius 3 is 2.77 bits per heavy atom. The predicted octanol–water partition coefficient (Wildman–Crippen LogP) is 2.30. The predicted molar refractivity (Wildman–Crippen MR) is 117 cm³/mol. The molecule has 0 bridgehead atoms. The van der Waals surface area contributed by atoms with Crippen molar-refractivity contribution in [3.8, 4) is 11.6 Å². The average Bonchev–Trinajstić information content (AvgIpc) is 3.35. The molecule has 0 aliphatic carbocycles. The molecule has 1 aromatic carbocycles. The molecule has 158 valence electrons. The molecule has 0 N–H and O–H groups in total. The molecule has 9 heteroatoms. The van der Waals surface area contributed by atoms with Gasteiger partial charge >= 0.3 is 0 Å². The summed E-state index contributed by atoms with van der Waals surface area (Å²) in [7, 11) is 1.68. The lowest BCUT2D eigenvalue weighted by Gasteiger charge is -2.34. The number of pyridine rings is 1. The lowest BCUT2D eigenvalue weighted by molar-refractivity contribution is 0.334. The molecule has 9 nitrogen and oxygen atoms in total. The third-order valence-corrected chi connectivity index (χ3v) is 5.82. The monoisotopic (exact) mass is 417 g/mol. The van der Waals surface area contributed by atoms with E-state index >= 15 is 0 Å². The minimum Gasteiger partial charge on any atom is -0.497 e. The largest absolute Gasteiger partial charge is 0.497 e. The van der Waals surface area contributed by atoms with E-state index in [1.54, 1.807) is 28.9 Å². The second-order valence-corrected chi connectivity index (χ2v) is 7.70. The fourth-order valence-corrected chi connectivity index (χ4v) is 4.13. The molecule has 0 amide bonds. The van der Waals surface area contributed by atoms with Crippen molar-refractivity contribution in [2.75, 3.05) is 25.1 Å². The van der Waals surface area contributed by atoms with Gasteiger partial charge in [0.25, 0.3) is 5.56 Å². The Bertz CT molecular complexity index is 1240. The summed E-state index contributed by atoms with van der Waals surface area (Å²) in [6.45, 7) is 2.43. The van der Waals surface area contributed by atoms with Crippen molar-refractivity contribution in [2.45, 2.75) is 19.4 Å². The van der Waals surface area contributed by atoms with Gasteiger partial charge in [0, 0.05) is 43.0 Å². The number of piperidine rings is 1. The smallest absolute Gasteiger partial charge is 0.266 e. The van der Waals surface area contributed by atoms with Gasteiger partial charge in [-0.15, -0.1) is 5.10 Å². The first-order chi connectivity index (χ1) is 15.2. The summed E-state index contributed by atoms with van der Waals surface area (Å²) in [4.78, 5) is 23.1. The van der Waals surface area contributed by atoms with E-state index in [2.05, 4.69) is 31.1 Å². The van der Waals surface area contributed by atoms with Gasteiger partial charge in [-0.25, -0.2) is 14.3 Å². The molecule has 1 aliphatic rings. The van der Waals surface area contributed by atoms with Gasteiger partial charge in [0.1, 0.15) is 18.4 Å². The quantitative estimate of drug-likeness (QED) is 0.492. The Morgan fingerprint density at radius 1 is 1.13 bits per heavy atom. The van der Waals surface area contributed by atoms with Crippen LogP contribution in [0.15, 0.2) is 60.0 Å². The molecular weight excluding hydrogens is 394 g/mol. The van der Waals surface area contributed by atoms with E-state index in [0.29, 0.717) is 18.3 Å². The van der Waals surface area contributed by atoms with Crippen molar-refractivity contribution < 1.29 is 4.74 Å². The van der Waals surface area contributed by atoms with Gasteiger partial charge in [-0.1, -0.05) is 0 Å². The van der Waals surface area contributed by atoms with E-state index in [4.69, 9.17) is 4.74 Å². The summed E-state index contributed by atoms with van der Waals surface area (Å²) < 4.78 is 8.50. The van der Waals surface area contributed by atoms with Crippen molar-refractivity contribution in [1.29, 1.82) is 0 Å². The molecule has 0 atom stereocenters. The average molecular weight is 417 g/mol. The number of hydrogen-bond donors (Lipinski definition) is 0. The number of aromatic nitrogens is 6. The lowest BCUT2D eigenvalue weighted by Crippen LogP contribution is -2.37. The second kappa shape index (κ2) is 8.17. The fourth-order valence-electron chi connectivity index (χ4n) is 4.13.